The summed E-state index contributed by atoms with van der Waals surface area (Å²) in [4.78, 5) is 35.5. The second-order valence-corrected chi connectivity index (χ2v) is 22.0. The first-order valence-electron chi connectivity index (χ1n) is 27.5. The molecule has 6 aliphatic heterocycles. The van der Waals surface area contributed by atoms with Crippen LogP contribution in [-0.4, -0.2) is 122 Å². The van der Waals surface area contributed by atoms with E-state index >= 15 is 0 Å². The highest BCUT2D eigenvalue weighted by Gasteiger charge is 2.47. The minimum atomic E-state index is -0.326. The smallest absolute Gasteiger partial charge is 0.125 e. The molecule has 0 atom stereocenters. The molecule has 0 amide bonds. The lowest BCUT2D eigenvalue weighted by molar-refractivity contribution is 0.0545. The second-order valence-electron chi connectivity index (χ2n) is 21.7. The lowest BCUT2D eigenvalue weighted by atomic mass is 9.78. The third-order valence-corrected chi connectivity index (χ3v) is 17.1. The summed E-state index contributed by atoms with van der Waals surface area (Å²) in [6, 6.07) is 21.8. The minimum Gasteiger partial charge on any atom is -0.383 e. The highest BCUT2D eigenvalue weighted by atomic mass is 35.5. The number of halogens is 3. The Hall–Kier alpha value is -6.95. The number of rotatable bonds is 5. The Kier molecular flexibility index (Phi) is 14.9. The van der Waals surface area contributed by atoms with Gasteiger partial charge in [0.2, 0.25) is 0 Å². The molecule has 17 heteroatoms. The van der Waals surface area contributed by atoms with Gasteiger partial charge in [-0.2, -0.15) is 0 Å². The van der Waals surface area contributed by atoms with Crippen LogP contribution in [0.3, 0.4) is 0 Å². The Bertz CT molecular complexity index is 3560. The fourth-order valence-corrected chi connectivity index (χ4v) is 12.4. The molecule has 1 N–H and O–H groups in total. The Labute approximate surface area is 464 Å². The quantitative estimate of drug-likeness (QED) is 0.175. The number of anilines is 5. The Morgan fingerprint density at radius 2 is 1.05 bits per heavy atom. The number of morpholine rings is 2. The molecule has 0 saturated carbocycles. The van der Waals surface area contributed by atoms with Gasteiger partial charge in [0.1, 0.15) is 11.6 Å². The molecule has 2 spiro atoms. The zero-order valence-corrected chi connectivity index (χ0v) is 46.0. The molecule has 4 saturated heterocycles. The molecular weight excluding hydrogens is 1020 g/mol. The molecular formula is C62H65ClF2N10O4. The van der Waals surface area contributed by atoms with Crippen molar-refractivity contribution in [3.8, 4) is 22.8 Å². The molecule has 408 valence electrons. The second kappa shape index (κ2) is 22.3. The summed E-state index contributed by atoms with van der Waals surface area (Å²) >= 11 is 6.38. The van der Waals surface area contributed by atoms with E-state index in [1.807, 2.05) is 69.7 Å². The molecule has 0 bridgehead atoms. The maximum atomic E-state index is 14.5. The molecule has 4 fully saturated rings. The number of pyridine rings is 6. The fraction of sp³-hybridized carbons (Fsp3) is 0.387. The zero-order valence-electron chi connectivity index (χ0n) is 45.3. The van der Waals surface area contributed by atoms with Crippen molar-refractivity contribution in [2.24, 2.45) is 0 Å². The average Bonchev–Trinajstić information content (AvgIpc) is 4.16. The Morgan fingerprint density at radius 3 is 1.63 bits per heavy atom. The minimum absolute atomic E-state index is 0.0963. The number of nitrogens with zero attached hydrogens (tertiary/aromatic N) is 9. The van der Waals surface area contributed by atoms with Crippen LogP contribution in [0.1, 0.15) is 59.3 Å². The van der Waals surface area contributed by atoms with Gasteiger partial charge in [-0.3, -0.25) is 19.9 Å². The topological polar surface area (TPSA) is 136 Å². The highest BCUT2D eigenvalue weighted by Crippen LogP contribution is 2.52. The largest absolute Gasteiger partial charge is 0.383 e. The summed E-state index contributed by atoms with van der Waals surface area (Å²) < 4.78 is 50.2. The number of ether oxygens (including phenoxy) is 4. The van der Waals surface area contributed by atoms with E-state index in [1.54, 1.807) is 12.3 Å². The van der Waals surface area contributed by atoms with E-state index in [0.717, 1.165) is 177 Å². The van der Waals surface area contributed by atoms with E-state index in [4.69, 9.17) is 45.5 Å². The summed E-state index contributed by atoms with van der Waals surface area (Å²) in [5, 5.41) is 5.83. The summed E-state index contributed by atoms with van der Waals surface area (Å²) in [6.45, 7) is 19.7. The van der Waals surface area contributed by atoms with Crippen LogP contribution in [0.5, 0.6) is 0 Å². The van der Waals surface area contributed by atoms with Gasteiger partial charge in [-0.05, 0) is 131 Å². The van der Waals surface area contributed by atoms with E-state index in [2.05, 4.69) is 54.0 Å². The summed E-state index contributed by atoms with van der Waals surface area (Å²) in [7, 11) is 0. The summed E-state index contributed by atoms with van der Waals surface area (Å²) in [6.07, 6.45) is 11.6. The molecule has 0 aliphatic carbocycles. The standard InChI is InChI=1S/C31H32FN5O2.C16H12ClFN2.C15H21N3O2/c1-20-5-8-33-26(15-20)28-21(2)29(24-4-3-22(32)16-25(24)35-28)37-19-31(6-11-38-12-7-31)30-27(37)17-23(18-34-30)36-9-13-39-14-10-36;1-9-5-6-19-14(7-9)16-10(2)15(17)12-4-3-11(18)8-13(12)20-16;1-5-19-6-2-15(1)11-17-13-9-12(10-16-14(13)15)18-3-7-20-8-4-18/h3-5,8,15-18H,6-7,9-14,19H2,1-2H3;3-8H,1-2H3;9-10,17H,1-8,11H2. The van der Waals surface area contributed by atoms with Gasteiger partial charge in [0, 0.05) is 117 Å². The van der Waals surface area contributed by atoms with E-state index in [9.17, 15) is 8.78 Å². The lowest BCUT2D eigenvalue weighted by Crippen LogP contribution is -2.38. The number of aryl methyl sites for hydroxylation is 2. The zero-order chi connectivity index (χ0) is 54.3. The Balaban J connectivity index is 0.000000131. The Morgan fingerprint density at radius 1 is 0.544 bits per heavy atom. The molecule has 12 heterocycles. The van der Waals surface area contributed by atoms with Crippen molar-refractivity contribution in [1.82, 2.24) is 29.9 Å². The van der Waals surface area contributed by atoms with Gasteiger partial charge in [0.05, 0.1) is 117 Å². The molecule has 6 aromatic heterocycles. The number of hydrogen-bond acceptors (Lipinski definition) is 14. The van der Waals surface area contributed by atoms with Crippen molar-refractivity contribution >= 4 is 61.8 Å². The molecule has 79 heavy (non-hydrogen) atoms. The third-order valence-electron chi connectivity index (χ3n) is 16.6. The first-order valence-corrected chi connectivity index (χ1v) is 27.9. The average molecular weight is 1090 g/mol. The number of fused-ring (bicyclic) bond motifs is 6. The summed E-state index contributed by atoms with van der Waals surface area (Å²) in [5.74, 6) is -0.625. The number of nitrogens with one attached hydrogen (secondary N) is 1. The van der Waals surface area contributed by atoms with Gasteiger partial charge in [-0.15, -0.1) is 0 Å². The summed E-state index contributed by atoms with van der Waals surface area (Å²) in [5.41, 5.74) is 16.4. The van der Waals surface area contributed by atoms with Crippen LogP contribution in [0.25, 0.3) is 44.6 Å². The molecule has 0 radical (unpaired) electrons. The number of benzene rings is 2. The predicted molar refractivity (Wildman–Crippen MR) is 307 cm³/mol. The highest BCUT2D eigenvalue weighted by molar-refractivity contribution is 6.36. The van der Waals surface area contributed by atoms with Crippen LogP contribution in [-0.2, 0) is 29.8 Å². The first kappa shape index (κ1) is 52.7. The van der Waals surface area contributed by atoms with Gasteiger partial charge in [0.15, 0.2) is 0 Å². The van der Waals surface area contributed by atoms with Crippen LogP contribution < -0.4 is 20.0 Å². The van der Waals surface area contributed by atoms with Crippen molar-refractivity contribution in [2.45, 2.75) is 64.2 Å². The van der Waals surface area contributed by atoms with Crippen LogP contribution in [0.15, 0.2) is 97.6 Å². The fourth-order valence-electron chi connectivity index (χ4n) is 12.2. The van der Waals surface area contributed by atoms with Gasteiger partial charge in [-0.25, -0.2) is 18.7 Å². The SMILES string of the molecule is Cc1ccnc(-c2nc3cc(F)ccc3c(Cl)c2C)c1.Cc1ccnc(-c2nc3cc(F)ccc3c(N3CC4(CCOCC4)c4ncc(N5CCOCC5)cc43)c2C)c1.c1nc2c(cc1N1CCOCC1)NCC21CCOCC1. The molecule has 2 aromatic carbocycles. The van der Waals surface area contributed by atoms with E-state index in [1.165, 1.54) is 41.3 Å². The van der Waals surface area contributed by atoms with Crippen LogP contribution in [0, 0.1) is 39.3 Å². The van der Waals surface area contributed by atoms with Gasteiger partial charge in [-0.1, -0.05) is 11.6 Å². The van der Waals surface area contributed by atoms with Gasteiger partial charge < -0.3 is 39.0 Å². The van der Waals surface area contributed by atoms with E-state index in [-0.39, 0.29) is 22.5 Å². The van der Waals surface area contributed by atoms with Crippen LogP contribution in [0.4, 0.5) is 37.2 Å². The van der Waals surface area contributed by atoms with Crippen molar-refractivity contribution in [3.05, 3.63) is 148 Å². The molecule has 8 aromatic rings. The van der Waals surface area contributed by atoms with Crippen LogP contribution in [0.2, 0.25) is 5.02 Å². The maximum Gasteiger partial charge on any atom is 0.125 e. The van der Waals surface area contributed by atoms with E-state index in [0.29, 0.717) is 35.0 Å². The van der Waals surface area contributed by atoms with Crippen molar-refractivity contribution in [3.63, 3.8) is 0 Å². The number of hydrogen-bond donors (Lipinski definition) is 1. The third kappa shape index (κ3) is 10.4. The van der Waals surface area contributed by atoms with E-state index < -0.39 is 0 Å². The normalized spacial score (nSPS) is 18.2. The lowest BCUT2D eigenvalue weighted by Gasteiger charge is -2.34. The van der Waals surface area contributed by atoms with Crippen LogP contribution >= 0.6 is 11.6 Å². The van der Waals surface area contributed by atoms with Crippen molar-refractivity contribution in [2.75, 3.05) is 112 Å². The molecule has 6 aliphatic rings. The van der Waals surface area contributed by atoms with Gasteiger partial charge in [0.25, 0.3) is 0 Å². The predicted octanol–water partition coefficient (Wildman–Crippen LogP) is 11.6. The molecule has 0 unspecified atom stereocenters. The van der Waals surface area contributed by atoms with Crippen molar-refractivity contribution in [1.29, 1.82) is 0 Å². The monoisotopic (exact) mass is 1090 g/mol. The van der Waals surface area contributed by atoms with Gasteiger partial charge >= 0.3 is 0 Å². The van der Waals surface area contributed by atoms with Crippen molar-refractivity contribution < 1.29 is 27.7 Å². The maximum absolute atomic E-state index is 14.5. The molecule has 14 nitrogen and oxygen atoms in total. The number of aromatic nitrogens is 6. The first-order chi connectivity index (χ1) is 38.5. The molecule has 14 rings (SSSR count).